The van der Waals surface area contributed by atoms with Gasteiger partial charge in [-0.25, -0.2) is 4.79 Å². The molecule has 0 bridgehead atoms. The van der Waals surface area contributed by atoms with Gasteiger partial charge in [-0.15, -0.1) is 0 Å². The van der Waals surface area contributed by atoms with Gasteiger partial charge in [-0.05, 0) is 40.5 Å². The smallest absolute Gasteiger partial charge is 0.410 e. The summed E-state index contributed by atoms with van der Waals surface area (Å²) in [5.74, 6) is 0. The van der Waals surface area contributed by atoms with Crippen LogP contribution in [0.25, 0.3) is 0 Å². The van der Waals surface area contributed by atoms with Gasteiger partial charge >= 0.3 is 6.09 Å². The fraction of sp³-hybridized carbons (Fsp3) is 0.769. The van der Waals surface area contributed by atoms with E-state index >= 15 is 0 Å². The van der Waals surface area contributed by atoms with E-state index in [1.54, 1.807) is 0 Å². The fourth-order valence-corrected chi connectivity index (χ4v) is 2.56. The molecule has 1 saturated heterocycles. The first kappa shape index (κ1) is 11.5. The SMILES string of the molecule is CC=C1CC2(C1)CN(C(=O)OC(C)(C)C)C2. The molecule has 90 valence electrons. The van der Waals surface area contributed by atoms with E-state index in [-0.39, 0.29) is 11.7 Å². The first-order chi connectivity index (χ1) is 7.34. The van der Waals surface area contributed by atoms with Gasteiger partial charge in [-0.1, -0.05) is 11.6 Å². The standard InChI is InChI=1S/C13H21NO2/c1-5-10-6-13(7-10)8-14(9-13)11(15)16-12(2,3)4/h5H,6-9H2,1-4H3. The van der Waals surface area contributed by atoms with Crippen molar-refractivity contribution in [3.63, 3.8) is 0 Å². The summed E-state index contributed by atoms with van der Waals surface area (Å²) in [5, 5.41) is 0. The number of ether oxygens (including phenoxy) is 1. The van der Waals surface area contributed by atoms with E-state index < -0.39 is 0 Å². The zero-order valence-electron chi connectivity index (χ0n) is 10.7. The molecule has 0 atom stereocenters. The number of nitrogens with zero attached hydrogens (tertiary/aromatic N) is 1. The van der Waals surface area contributed by atoms with Crippen LogP contribution in [0.1, 0.15) is 40.5 Å². The maximum absolute atomic E-state index is 11.7. The molecule has 2 fully saturated rings. The van der Waals surface area contributed by atoms with Gasteiger partial charge in [0, 0.05) is 18.5 Å². The molecular weight excluding hydrogens is 202 g/mol. The Morgan fingerprint density at radius 1 is 1.38 bits per heavy atom. The number of rotatable bonds is 0. The molecule has 1 spiro atoms. The summed E-state index contributed by atoms with van der Waals surface area (Å²) in [6, 6.07) is 0. The molecule has 1 aliphatic carbocycles. The lowest BCUT2D eigenvalue weighted by Crippen LogP contribution is -2.62. The van der Waals surface area contributed by atoms with Crippen LogP contribution in [0, 0.1) is 5.41 Å². The minimum Gasteiger partial charge on any atom is -0.444 e. The van der Waals surface area contributed by atoms with Crippen molar-refractivity contribution in [2.45, 2.75) is 46.1 Å². The third kappa shape index (κ3) is 2.08. The molecule has 3 heteroatoms. The van der Waals surface area contributed by atoms with Crippen LogP contribution in [-0.4, -0.2) is 29.7 Å². The first-order valence-electron chi connectivity index (χ1n) is 5.96. The Labute approximate surface area is 97.5 Å². The molecule has 2 rings (SSSR count). The predicted octanol–water partition coefficient (Wildman–Crippen LogP) is 2.96. The maximum atomic E-state index is 11.7. The second-order valence-corrected chi connectivity index (χ2v) is 6.14. The summed E-state index contributed by atoms with van der Waals surface area (Å²) >= 11 is 0. The van der Waals surface area contributed by atoms with Crippen molar-refractivity contribution in [3.05, 3.63) is 11.6 Å². The number of carbonyl (C=O) groups excluding carboxylic acids is 1. The Morgan fingerprint density at radius 3 is 2.38 bits per heavy atom. The Balaban J connectivity index is 1.79. The van der Waals surface area contributed by atoms with Gasteiger partial charge in [-0.2, -0.15) is 0 Å². The van der Waals surface area contributed by atoms with Gasteiger partial charge in [0.1, 0.15) is 5.60 Å². The highest BCUT2D eigenvalue weighted by atomic mass is 16.6. The molecule has 0 radical (unpaired) electrons. The second-order valence-electron chi connectivity index (χ2n) is 6.14. The summed E-state index contributed by atoms with van der Waals surface area (Å²) in [6.45, 7) is 9.55. The molecule has 1 aliphatic heterocycles. The van der Waals surface area contributed by atoms with Gasteiger partial charge in [-0.3, -0.25) is 0 Å². The normalized spacial score (nSPS) is 22.5. The molecule has 0 aromatic heterocycles. The van der Waals surface area contributed by atoms with Crippen LogP contribution in [0.2, 0.25) is 0 Å². The van der Waals surface area contributed by atoms with Crippen molar-refractivity contribution in [1.29, 1.82) is 0 Å². The highest BCUT2D eigenvalue weighted by Crippen LogP contribution is 2.51. The summed E-state index contributed by atoms with van der Waals surface area (Å²) in [4.78, 5) is 13.5. The zero-order chi connectivity index (χ0) is 12.0. The van der Waals surface area contributed by atoms with Crippen LogP contribution in [0.15, 0.2) is 11.6 Å². The highest BCUT2D eigenvalue weighted by molar-refractivity contribution is 5.69. The minimum absolute atomic E-state index is 0.160. The summed E-state index contributed by atoms with van der Waals surface area (Å²) in [6.07, 6.45) is 4.37. The van der Waals surface area contributed by atoms with Crippen LogP contribution < -0.4 is 0 Å². The molecule has 0 aromatic carbocycles. The van der Waals surface area contributed by atoms with Gasteiger partial charge in [0.25, 0.3) is 0 Å². The molecule has 1 heterocycles. The van der Waals surface area contributed by atoms with Crippen molar-refractivity contribution in [2.24, 2.45) is 5.41 Å². The number of carbonyl (C=O) groups is 1. The van der Waals surface area contributed by atoms with Crippen molar-refractivity contribution in [1.82, 2.24) is 4.90 Å². The number of amides is 1. The molecule has 16 heavy (non-hydrogen) atoms. The topological polar surface area (TPSA) is 29.5 Å². The van der Waals surface area contributed by atoms with Gasteiger partial charge < -0.3 is 9.64 Å². The van der Waals surface area contributed by atoms with E-state index in [2.05, 4.69) is 13.0 Å². The van der Waals surface area contributed by atoms with Gasteiger partial charge in [0.05, 0.1) is 0 Å². The van der Waals surface area contributed by atoms with Crippen molar-refractivity contribution < 1.29 is 9.53 Å². The summed E-state index contributed by atoms with van der Waals surface area (Å²) in [5.41, 5.74) is 1.55. The van der Waals surface area contributed by atoms with Crippen molar-refractivity contribution >= 4 is 6.09 Å². The Hall–Kier alpha value is -0.990. The lowest BCUT2D eigenvalue weighted by Gasteiger charge is -2.56. The molecule has 1 saturated carbocycles. The minimum atomic E-state index is -0.381. The summed E-state index contributed by atoms with van der Waals surface area (Å²) < 4.78 is 5.33. The molecule has 1 amide bonds. The molecule has 0 aromatic rings. The quantitative estimate of drug-likeness (QED) is 0.591. The number of allylic oxidation sites excluding steroid dienone is 2. The van der Waals surface area contributed by atoms with E-state index in [9.17, 15) is 4.79 Å². The third-order valence-electron chi connectivity index (χ3n) is 3.32. The van der Waals surface area contributed by atoms with E-state index in [0.29, 0.717) is 5.41 Å². The average molecular weight is 223 g/mol. The van der Waals surface area contributed by atoms with Crippen LogP contribution in [0.5, 0.6) is 0 Å². The monoisotopic (exact) mass is 223 g/mol. The summed E-state index contributed by atoms with van der Waals surface area (Å²) in [7, 11) is 0. The molecular formula is C13H21NO2. The average Bonchev–Trinajstić information content (AvgIpc) is 1.95. The third-order valence-corrected chi connectivity index (χ3v) is 3.32. The van der Waals surface area contributed by atoms with Gasteiger partial charge in [0.15, 0.2) is 0 Å². The van der Waals surface area contributed by atoms with Crippen molar-refractivity contribution in [3.8, 4) is 0 Å². The molecule has 0 unspecified atom stereocenters. The molecule has 2 aliphatic rings. The lowest BCUT2D eigenvalue weighted by molar-refractivity contribution is -0.0503. The Morgan fingerprint density at radius 2 is 1.94 bits per heavy atom. The molecule has 0 N–H and O–H groups in total. The fourth-order valence-electron chi connectivity index (χ4n) is 2.56. The van der Waals surface area contributed by atoms with Gasteiger partial charge in [0.2, 0.25) is 0 Å². The highest BCUT2D eigenvalue weighted by Gasteiger charge is 2.51. The van der Waals surface area contributed by atoms with Crippen molar-refractivity contribution in [2.75, 3.05) is 13.1 Å². The van der Waals surface area contributed by atoms with Crippen LogP contribution >= 0.6 is 0 Å². The van der Waals surface area contributed by atoms with Crippen LogP contribution in [0.3, 0.4) is 0 Å². The van der Waals surface area contributed by atoms with E-state index in [1.807, 2.05) is 25.7 Å². The largest absolute Gasteiger partial charge is 0.444 e. The maximum Gasteiger partial charge on any atom is 0.410 e. The lowest BCUT2D eigenvalue weighted by atomic mass is 9.61. The predicted molar refractivity (Wildman–Crippen MR) is 63.2 cm³/mol. The second kappa shape index (κ2) is 3.51. The zero-order valence-corrected chi connectivity index (χ0v) is 10.7. The number of likely N-dealkylation sites (tertiary alicyclic amines) is 1. The van der Waals surface area contributed by atoms with Crippen LogP contribution in [-0.2, 0) is 4.74 Å². The van der Waals surface area contributed by atoms with E-state index in [0.717, 1.165) is 13.1 Å². The first-order valence-corrected chi connectivity index (χ1v) is 5.96. The number of hydrogen-bond acceptors (Lipinski definition) is 2. The Bertz CT molecular complexity index is 322. The van der Waals surface area contributed by atoms with Crippen LogP contribution in [0.4, 0.5) is 4.79 Å². The molecule has 3 nitrogen and oxygen atoms in total. The van der Waals surface area contributed by atoms with E-state index in [4.69, 9.17) is 4.74 Å². The Kier molecular flexibility index (Phi) is 2.52. The number of hydrogen-bond donors (Lipinski definition) is 0. The van der Waals surface area contributed by atoms with E-state index in [1.165, 1.54) is 18.4 Å².